The van der Waals surface area contributed by atoms with Crippen molar-refractivity contribution in [2.75, 3.05) is 31.7 Å². The van der Waals surface area contributed by atoms with Crippen LogP contribution in [0.4, 0.5) is 15.3 Å². The van der Waals surface area contributed by atoms with Gasteiger partial charge in [-0.05, 0) is 135 Å². The highest BCUT2D eigenvalue weighted by Crippen LogP contribution is 2.47. The van der Waals surface area contributed by atoms with Gasteiger partial charge in [-0.25, -0.2) is 46.2 Å². The fourth-order valence-electron chi connectivity index (χ4n) is 16.5. The summed E-state index contributed by atoms with van der Waals surface area (Å²) in [5.41, 5.74) is 6.54. The Morgan fingerprint density at radius 1 is 0.768 bits per heavy atom. The third kappa shape index (κ3) is 27.6. The SMILES string of the molecule is CC(C)c1nc(CN(C)C(=O)N[C@H](C(=O)N[C@@H](Cc2ccccc2)C[C@H](O)[C@H](Cc2ccccc2)NC(=O)OCc2cncs2)C(C)C)cs1.COc1c(/C=C/c2ccc(NS(C)(=O)=O)cc2)cc(-n2ccc(=O)[nH]c2=O)cc1C(C)(C)C.Cc1cnc(C(=O)N[C@H]2CCCCC/C=C\[C@@H]3C[C@@]3(C(=O)NS(=O)(=O)C3CC3)NC(=O)[C@@H]3C[C@@H](Oc4nc5ccccc5c5ccccc45)CN3C2=O)cn1. The number of ether oxygens (including phenoxy) is 3. The number of alkyl carbamates (subject to hydrolysis) is 1. The number of aromatic amines is 1. The molecule has 6 aromatic carbocycles. The highest BCUT2D eigenvalue weighted by atomic mass is 32.2. The largest absolute Gasteiger partial charge is 0.496 e. The summed E-state index contributed by atoms with van der Waals surface area (Å²) in [6.07, 6.45) is 17.5. The molecular formula is C101H118N16O17S4. The number of thiazole rings is 2. The zero-order valence-electron chi connectivity index (χ0n) is 78.9. The third-order valence-electron chi connectivity index (χ3n) is 24.0. The van der Waals surface area contributed by atoms with E-state index in [-0.39, 0.29) is 61.4 Å². The molecule has 2 saturated carbocycles. The number of pyridine rings is 1. The molecule has 15 rings (SSSR count). The van der Waals surface area contributed by atoms with Crippen LogP contribution in [0.25, 0.3) is 39.5 Å². The van der Waals surface area contributed by atoms with E-state index in [1.807, 2.05) is 186 Å². The smallest absolute Gasteiger partial charge is 0.407 e. The molecule has 4 aliphatic rings. The van der Waals surface area contributed by atoms with Crippen LogP contribution in [-0.2, 0) is 75.4 Å². The number of hydrogen-bond donors (Lipinski definition) is 9. The topological polar surface area (TPSA) is 446 Å². The standard InChI is InChI=1S/C40H43N7O7S.C37H48N6O5S2.C24H27N3O5S/c1-24-21-42-33(22-41-24)35(48)43-32-16-6-4-2-3-5-11-25-20-40(25,39(51)46-55(52,53)27-17-18-27)45-36(49)34-19-26(23-47(34)38(32)50)54-37-30-14-8-7-12-28(30)29-13-9-10-15-31(29)44-37;1-24(2)33(42-36(46)43(5)20-29-22-49-35(40-29)25(3)4)34(45)39-28(16-26-12-8-6-9-13-26)18-32(44)31(17-27-14-10-7-11-15-27)41-37(47)48-21-30-19-38-23-50-30;1-24(2,3)20-15-19(27-13-12-21(28)25-23(27)29)14-17(22(20)32-4)9-6-16-7-10-18(11-8-16)26-33(5,30)31/h5,7-15,21-22,25-27,32,34H,2-4,6,16-20,23H2,1H3,(H,43,48)(H,45,49)(H,46,51);6-15,19,22-25,28,31-33,44H,16-18,20-21H2,1-5H3,(H,39,45)(H,41,47)(H,42,46);6-15,26H,1-5H3,(H,25,28,29)/b11-5-;;9-6+/t25-,26-,32+,34+,40-;28-,31-,32-,33-;/m10./s1. The van der Waals surface area contributed by atoms with E-state index in [2.05, 4.69) is 74.8 Å². The minimum Gasteiger partial charge on any atom is -0.496 e. The van der Waals surface area contributed by atoms with Gasteiger partial charge in [0.15, 0.2) is 0 Å². The van der Waals surface area contributed by atoms with Crippen LogP contribution in [0.1, 0.15) is 178 Å². The quantitative estimate of drug-likeness (QED) is 0.0115. The van der Waals surface area contributed by atoms with Crippen molar-refractivity contribution in [1.82, 2.24) is 75.6 Å². The summed E-state index contributed by atoms with van der Waals surface area (Å²) in [5, 5.41) is 31.3. The summed E-state index contributed by atoms with van der Waals surface area (Å²) in [6.45, 7) is 16.2. The second-order valence-corrected chi connectivity index (χ2v) is 42.3. The summed E-state index contributed by atoms with van der Waals surface area (Å²) in [5.74, 6) is -2.13. The lowest BCUT2D eigenvalue weighted by Crippen LogP contribution is -2.58. The molecular weight excluding hydrogens is 1840 g/mol. The molecule has 11 aromatic rings. The number of rotatable bonds is 30. The van der Waals surface area contributed by atoms with Gasteiger partial charge in [0.25, 0.3) is 17.4 Å². The monoisotopic (exact) mass is 1950 g/mol. The van der Waals surface area contributed by atoms with Gasteiger partial charge < -0.3 is 55.7 Å². The molecule has 5 aromatic heterocycles. The molecule has 33 nitrogen and oxygen atoms in total. The second-order valence-electron chi connectivity index (χ2n) is 36.8. The van der Waals surface area contributed by atoms with Crippen molar-refractivity contribution in [3.63, 3.8) is 0 Å². The predicted octanol–water partition coefficient (Wildman–Crippen LogP) is 12.9. The molecule has 2 aliphatic heterocycles. The predicted molar refractivity (Wildman–Crippen MR) is 532 cm³/mol. The van der Waals surface area contributed by atoms with Gasteiger partial charge in [0.2, 0.25) is 43.6 Å². The number of hydrogen-bond acceptors (Lipinski definition) is 24. The van der Waals surface area contributed by atoms with E-state index in [4.69, 9.17) is 19.2 Å². The number of aliphatic hydroxyl groups excluding tert-OH is 1. The first-order valence-electron chi connectivity index (χ1n) is 45.9. The molecule has 138 heavy (non-hydrogen) atoms. The Balaban J connectivity index is 0.000000180. The maximum atomic E-state index is 14.6. The van der Waals surface area contributed by atoms with E-state index in [1.54, 1.807) is 68.4 Å². The van der Waals surface area contributed by atoms with Crippen LogP contribution in [0.2, 0.25) is 0 Å². The van der Waals surface area contributed by atoms with Gasteiger partial charge in [0.05, 0.1) is 88.0 Å². The molecule has 9 atom stereocenters. The van der Waals surface area contributed by atoms with Gasteiger partial charge in [-0.3, -0.25) is 57.7 Å². The highest BCUT2D eigenvalue weighted by molar-refractivity contribution is 7.92. The number of sulfonamides is 2. The number of urea groups is 1. The average molecular weight is 1960 g/mol. The van der Waals surface area contributed by atoms with Crippen molar-refractivity contribution < 1.29 is 69.7 Å². The first-order valence-corrected chi connectivity index (χ1v) is 51.1. The van der Waals surface area contributed by atoms with Gasteiger partial charge in [-0.1, -0.05) is 195 Å². The van der Waals surface area contributed by atoms with E-state index in [9.17, 15) is 65.1 Å². The summed E-state index contributed by atoms with van der Waals surface area (Å²) in [4.78, 5) is 148. The average Bonchev–Trinajstić information content (AvgIpc) is 1.57. The number of carbonyl (C=O) groups is 7. The van der Waals surface area contributed by atoms with E-state index >= 15 is 0 Å². The fraction of sp³-hybridized carbons (Fsp3) is 0.386. The number of aliphatic hydroxyl groups is 1. The maximum absolute atomic E-state index is 14.6. The lowest BCUT2D eigenvalue weighted by Gasteiger charge is -2.30. The van der Waals surface area contributed by atoms with Gasteiger partial charge in [-0.2, -0.15) is 0 Å². The van der Waals surface area contributed by atoms with Crippen LogP contribution in [0.15, 0.2) is 209 Å². The summed E-state index contributed by atoms with van der Waals surface area (Å²) in [6, 6.07) is 42.0. The number of para-hydroxylation sites is 1. The Kier molecular flexibility index (Phi) is 33.8. The number of aromatic nitrogens is 7. The molecule has 2 aliphatic carbocycles. The second kappa shape index (κ2) is 45.7. The van der Waals surface area contributed by atoms with Crippen molar-refractivity contribution in [3.05, 3.63) is 275 Å². The maximum Gasteiger partial charge on any atom is 0.407 e. The number of H-pyrrole nitrogens is 1. The molecule has 7 heterocycles. The number of allylic oxidation sites excluding steroid dienone is 1. The Hall–Kier alpha value is -13.4. The van der Waals surface area contributed by atoms with Crippen LogP contribution in [0, 0.1) is 18.8 Å². The Labute approximate surface area is 810 Å². The van der Waals surface area contributed by atoms with Gasteiger partial charge in [0.1, 0.15) is 47.8 Å². The number of methoxy groups -OCH3 is 1. The molecule has 3 fully saturated rings. The number of anilines is 1. The number of nitrogens with one attached hydrogen (secondary N) is 8. The van der Waals surface area contributed by atoms with Crippen LogP contribution in [0.5, 0.6) is 11.6 Å². The molecule has 9 N–H and O–H groups in total. The zero-order chi connectivity index (χ0) is 98.8. The summed E-state index contributed by atoms with van der Waals surface area (Å²) >= 11 is 2.95. The molecule has 0 bridgehead atoms. The van der Waals surface area contributed by atoms with Crippen LogP contribution in [0.3, 0.4) is 0 Å². The van der Waals surface area contributed by atoms with Crippen LogP contribution >= 0.6 is 22.7 Å². The number of carbonyl (C=O) groups excluding carboxylic acids is 7. The van der Waals surface area contributed by atoms with Gasteiger partial charge >= 0.3 is 17.8 Å². The lowest BCUT2D eigenvalue weighted by atomic mass is 9.84. The first-order chi connectivity index (χ1) is 65.9. The number of benzene rings is 6. The van der Waals surface area contributed by atoms with Crippen molar-refractivity contribution in [1.29, 1.82) is 0 Å². The molecule has 8 amide bonds. The first kappa shape index (κ1) is 102. The molecule has 0 unspecified atom stereocenters. The van der Waals surface area contributed by atoms with E-state index in [0.29, 0.717) is 86.1 Å². The molecule has 0 radical (unpaired) electrons. The minimum absolute atomic E-state index is 0.00491. The highest BCUT2D eigenvalue weighted by Gasteiger charge is 2.62. The van der Waals surface area contributed by atoms with Crippen molar-refractivity contribution >= 4 is 124 Å². The third-order valence-corrected chi connectivity index (χ3v) is 28.4. The molecule has 0 spiro atoms. The van der Waals surface area contributed by atoms with Gasteiger partial charge in [-0.15, -0.1) is 22.7 Å². The van der Waals surface area contributed by atoms with Crippen molar-refractivity contribution in [2.45, 2.75) is 210 Å². The molecule has 37 heteroatoms. The Morgan fingerprint density at radius 3 is 2.11 bits per heavy atom. The number of fused-ring (bicyclic) bond motifs is 5. The van der Waals surface area contributed by atoms with E-state index in [1.165, 1.54) is 50.4 Å². The zero-order valence-corrected chi connectivity index (χ0v) is 82.1. The Bertz CT molecular complexity index is 6570. The lowest BCUT2D eigenvalue weighted by molar-refractivity contribution is -0.141. The molecule has 728 valence electrons. The minimum atomic E-state index is -3.89. The van der Waals surface area contributed by atoms with Crippen molar-refractivity contribution in [3.8, 4) is 17.3 Å². The molecule has 1 saturated heterocycles. The van der Waals surface area contributed by atoms with Crippen molar-refractivity contribution in [2.24, 2.45) is 11.8 Å². The number of amides is 8. The number of nitrogens with zero attached hydrogens (tertiary/aromatic N) is 8. The summed E-state index contributed by atoms with van der Waals surface area (Å²) in [7, 11) is -3.97. The van der Waals surface area contributed by atoms with Gasteiger partial charge in [0, 0.05) is 89.0 Å². The Morgan fingerprint density at radius 2 is 1.46 bits per heavy atom. The summed E-state index contributed by atoms with van der Waals surface area (Å²) < 4.78 is 72.3. The van der Waals surface area contributed by atoms with E-state index in [0.717, 1.165) is 84.2 Å². The normalized spacial score (nSPS) is 18.4. The van der Waals surface area contributed by atoms with Crippen LogP contribution in [-0.4, -0.2) is 188 Å². The van der Waals surface area contributed by atoms with Crippen LogP contribution < -0.4 is 56.8 Å². The van der Waals surface area contributed by atoms with E-state index < -0.39 is 120 Å². The fourth-order valence-corrected chi connectivity index (χ4v) is 19.7. The number of aryl methyl sites for hydroxylation is 1.